The molecule has 0 saturated carbocycles. The maximum atomic E-state index is 6.44. The zero-order chi connectivity index (χ0) is 21.1. The minimum Gasteiger partial charge on any atom is -0.400 e. The first-order valence-corrected chi connectivity index (χ1v) is 14.0. The van der Waals surface area contributed by atoms with Crippen LogP contribution in [0.25, 0.3) is 0 Å². The molecule has 2 nitrogen and oxygen atoms in total. The van der Waals surface area contributed by atoms with E-state index in [-0.39, 0.29) is 18.3 Å². The summed E-state index contributed by atoms with van der Waals surface area (Å²) >= 11 is 0. The molecule has 0 aliphatic carbocycles. The molecule has 0 radical (unpaired) electrons. The molecule has 2 aromatic carbocycles. The average molecular weight is 406 g/mol. The third kappa shape index (κ3) is 5.30. The Morgan fingerprint density at radius 1 is 0.862 bits per heavy atom. The molecule has 0 bridgehead atoms. The van der Waals surface area contributed by atoms with E-state index in [1.54, 1.807) is 0 Å². The predicted octanol–water partition coefficient (Wildman–Crippen LogP) is 5.79. The Hall–Kier alpha value is -1.62. The van der Waals surface area contributed by atoms with Crippen molar-refractivity contribution in [1.29, 1.82) is 0 Å². The highest BCUT2D eigenvalue weighted by atomic mass is 28.3. The van der Waals surface area contributed by atoms with Crippen LogP contribution in [-0.2, 0) is 15.7 Å². The number of hydrogen-bond donors (Lipinski definition) is 0. The first-order chi connectivity index (χ1) is 13.6. The summed E-state index contributed by atoms with van der Waals surface area (Å²) in [7, 11) is -1.92. The Labute approximate surface area is 178 Å². The van der Waals surface area contributed by atoms with Crippen molar-refractivity contribution in [2.45, 2.75) is 70.9 Å². The maximum absolute atomic E-state index is 6.44. The van der Waals surface area contributed by atoms with Crippen molar-refractivity contribution < 1.29 is 9.31 Å². The summed E-state index contributed by atoms with van der Waals surface area (Å²) in [6.07, 6.45) is 4.42. The van der Waals surface area contributed by atoms with Gasteiger partial charge in [0.1, 0.15) is 0 Å². The van der Waals surface area contributed by atoms with Crippen molar-refractivity contribution in [3.63, 3.8) is 0 Å². The summed E-state index contributed by atoms with van der Waals surface area (Å²) in [5.74, 6) is 0. The lowest BCUT2D eigenvalue weighted by Crippen LogP contribution is -2.43. The van der Waals surface area contributed by atoms with Gasteiger partial charge in [0.05, 0.1) is 19.3 Å². The number of benzene rings is 2. The van der Waals surface area contributed by atoms with Crippen LogP contribution in [0.1, 0.15) is 39.7 Å². The van der Waals surface area contributed by atoms with Gasteiger partial charge in [0, 0.05) is 0 Å². The molecule has 1 aliphatic rings. The molecule has 0 atom stereocenters. The smallest absolute Gasteiger partial charge is 0.400 e. The molecule has 2 aromatic rings. The van der Waals surface area contributed by atoms with Gasteiger partial charge in [-0.1, -0.05) is 85.0 Å². The van der Waals surface area contributed by atoms with Crippen LogP contribution in [0.15, 0.2) is 72.2 Å². The van der Waals surface area contributed by atoms with Crippen molar-refractivity contribution in [1.82, 2.24) is 0 Å². The summed E-state index contributed by atoms with van der Waals surface area (Å²) in [6.45, 7) is 13.4. The van der Waals surface area contributed by atoms with Gasteiger partial charge in [-0.3, -0.25) is 0 Å². The zero-order valence-electron chi connectivity index (χ0n) is 18.9. The fourth-order valence-electron chi connectivity index (χ4n) is 3.82. The van der Waals surface area contributed by atoms with Gasteiger partial charge in [-0.15, -0.1) is 0 Å². The topological polar surface area (TPSA) is 18.5 Å². The molecule has 0 spiro atoms. The molecule has 1 saturated heterocycles. The van der Waals surface area contributed by atoms with Crippen LogP contribution >= 0.6 is 0 Å². The van der Waals surface area contributed by atoms with Gasteiger partial charge in [0.15, 0.2) is 0 Å². The van der Waals surface area contributed by atoms with Crippen molar-refractivity contribution in [2.24, 2.45) is 0 Å². The third-order valence-electron chi connectivity index (χ3n) is 6.44. The molecule has 0 amide bonds. The van der Waals surface area contributed by atoms with Crippen LogP contribution in [0, 0.1) is 0 Å². The second kappa shape index (κ2) is 8.63. The van der Waals surface area contributed by atoms with Crippen molar-refractivity contribution in [3.8, 4) is 0 Å². The number of rotatable bonds is 7. The fraction of sp³-hybridized carbons (Fsp3) is 0.440. The Bertz CT molecular complexity index is 812. The fourth-order valence-corrected chi connectivity index (χ4v) is 6.45. The normalized spacial score (nSPS) is 18.8. The minimum absolute atomic E-state index is 0.258. The standard InChI is InChI=1S/C25H35BO2Si/c1-24(2)25(3,4)28-26(27-24)22(17-13-16-21-14-9-7-10-15-21)20-29(5,6)23-18-11-8-12-19-23/h7-12,14-15,17-19H,13,16,20H2,1-6H3/b22-17-. The van der Waals surface area contributed by atoms with E-state index in [1.165, 1.54) is 16.2 Å². The zero-order valence-corrected chi connectivity index (χ0v) is 19.9. The number of hydrogen-bond acceptors (Lipinski definition) is 2. The summed E-state index contributed by atoms with van der Waals surface area (Å²) < 4.78 is 12.9. The molecule has 154 valence electrons. The molecule has 1 aliphatic heterocycles. The molecule has 3 rings (SSSR count). The van der Waals surface area contributed by atoms with Crippen molar-refractivity contribution in [2.75, 3.05) is 0 Å². The van der Waals surface area contributed by atoms with E-state index in [4.69, 9.17) is 9.31 Å². The Morgan fingerprint density at radius 3 is 1.93 bits per heavy atom. The third-order valence-corrected chi connectivity index (χ3v) is 9.63. The summed E-state index contributed by atoms with van der Waals surface area (Å²) in [4.78, 5) is 0. The van der Waals surface area contributed by atoms with Gasteiger partial charge in [0.2, 0.25) is 0 Å². The molecule has 4 heteroatoms. The Morgan fingerprint density at radius 2 is 1.38 bits per heavy atom. The quantitative estimate of drug-likeness (QED) is 0.542. The van der Waals surface area contributed by atoms with Gasteiger partial charge in [0.25, 0.3) is 0 Å². The lowest BCUT2D eigenvalue weighted by Gasteiger charge is -2.32. The number of aryl methyl sites for hydroxylation is 1. The molecule has 1 fully saturated rings. The van der Waals surface area contributed by atoms with Crippen LogP contribution in [0.4, 0.5) is 0 Å². The molecule has 0 aromatic heterocycles. The second-order valence-corrected chi connectivity index (χ2v) is 14.5. The largest absolute Gasteiger partial charge is 0.489 e. The first-order valence-electron chi connectivity index (χ1n) is 10.7. The van der Waals surface area contributed by atoms with E-state index >= 15 is 0 Å². The molecule has 0 unspecified atom stereocenters. The van der Waals surface area contributed by atoms with E-state index in [2.05, 4.69) is 108 Å². The molecular formula is C25H35BO2Si. The van der Waals surface area contributed by atoms with Gasteiger partial charge in [-0.2, -0.15) is 0 Å². The Kier molecular flexibility index (Phi) is 6.57. The lowest BCUT2D eigenvalue weighted by molar-refractivity contribution is 0.00578. The van der Waals surface area contributed by atoms with E-state index in [0.717, 1.165) is 18.9 Å². The van der Waals surface area contributed by atoms with E-state index in [0.29, 0.717) is 0 Å². The summed E-state index contributed by atoms with van der Waals surface area (Å²) in [5.41, 5.74) is 2.06. The first kappa shape index (κ1) is 22.1. The highest BCUT2D eigenvalue weighted by molar-refractivity contribution is 6.91. The number of allylic oxidation sites excluding steroid dienone is 2. The van der Waals surface area contributed by atoms with E-state index in [1.807, 2.05) is 0 Å². The Balaban J connectivity index is 1.82. The molecule has 0 N–H and O–H groups in total. The van der Waals surface area contributed by atoms with Crippen LogP contribution < -0.4 is 5.19 Å². The SMILES string of the molecule is CC1(C)OB(/C(=C\CCc2ccccc2)C[Si](C)(C)c2ccccc2)OC1(C)C. The van der Waals surface area contributed by atoms with Gasteiger partial charge < -0.3 is 9.31 Å². The molecule has 29 heavy (non-hydrogen) atoms. The van der Waals surface area contributed by atoms with Gasteiger partial charge >= 0.3 is 7.12 Å². The van der Waals surface area contributed by atoms with Gasteiger partial charge in [-0.25, -0.2) is 0 Å². The molecular weight excluding hydrogens is 371 g/mol. The molecule has 1 heterocycles. The monoisotopic (exact) mass is 406 g/mol. The van der Waals surface area contributed by atoms with E-state index < -0.39 is 8.07 Å². The van der Waals surface area contributed by atoms with Crippen molar-refractivity contribution >= 4 is 20.4 Å². The maximum Gasteiger partial charge on any atom is 0.489 e. The highest BCUT2D eigenvalue weighted by Crippen LogP contribution is 2.40. The van der Waals surface area contributed by atoms with E-state index in [9.17, 15) is 0 Å². The van der Waals surface area contributed by atoms with Crippen LogP contribution in [0.3, 0.4) is 0 Å². The second-order valence-electron chi connectivity index (χ2n) is 9.82. The van der Waals surface area contributed by atoms with Crippen molar-refractivity contribution in [3.05, 3.63) is 77.8 Å². The predicted molar refractivity (Wildman–Crippen MR) is 127 cm³/mol. The average Bonchev–Trinajstić information content (AvgIpc) is 2.90. The highest BCUT2D eigenvalue weighted by Gasteiger charge is 2.52. The lowest BCUT2D eigenvalue weighted by atomic mass is 9.78. The summed E-state index contributed by atoms with van der Waals surface area (Å²) in [5, 5.41) is 1.48. The van der Waals surface area contributed by atoms with Gasteiger partial charge in [-0.05, 0) is 57.6 Å². The van der Waals surface area contributed by atoms with Crippen LogP contribution in [-0.4, -0.2) is 26.4 Å². The van der Waals surface area contributed by atoms with Crippen LogP contribution in [0.2, 0.25) is 19.1 Å². The summed E-state index contributed by atoms with van der Waals surface area (Å²) in [6, 6.07) is 22.7. The minimum atomic E-state index is -1.66. The van der Waals surface area contributed by atoms with Crippen LogP contribution in [0.5, 0.6) is 0 Å².